The zero-order chi connectivity index (χ0) is 15.4. The molecule has 0 saturated heterocycles. The maximum atomic E-state index is 5.68. The number of aromatic nitrogens is 3. The zero-order valence-corrected chi connectivity index (χ0v) is 12.3. The van der Waals surface area contributed by atoms with Crippen LogP contribution in [0.25, 0.3) is 0 Å². The number of nitrogens with two attached hydrogens (primary N) is 1. The van der Waals surface area contributed by atoms with E-state index in [9.17, 15) is 0 Å². The second-order valence-electron chi connectivity index (χ2n) is 4.26. The Bertz CT molecular complexity index is 611. The Kier molecular flexibility index (Phi) is 4.27. The third kappa shape index (κ3) is 3.22. The molecule has 112 valence electrons. The van der Waals surface area contributed by atoms with Gasteiger partial charge in [-0.3, -0.25) is 0 Å². The minimum Gasteiger partial charge on any atom is -0.493 e. The van der Waals surface area contributed by atoms with Gasteiger partial charge in [0.2, 0.25) is 17.6 Å². The number of hydrogen-bond acceptors (Lipinski definition) is 8. The fraction of sp³-hybridized carbons (Fsp3) is 0.308. The van der Waals surface area contributed by atoms with E-state index in [1.54, 1.807) is 37.2 Å². The molecule has 1 aromatic heterocycles. The molecule has 8 heteroatoms. The molecule has 0 unspecified atom stereocenters. The van der Waals surface area contributed by atoms with Crippen molar-refractivity contribution in [3.63, 3.8) is 0 Å². The van der Waals surface area contributed by atoms with Gasteiger partial charge in [0, 0.05) is 14.1 Å². The quantitative estimate of drug-likeness (QED) is 0.881. The van der Waals surface area contributed by atoms with Crippen LogP contribution >= 0.6 is 0 Å². The number of hydrogen-bond donors (Lipinski definition) is 1. The van der Waals surface area contributed by atoms with Crippen molar-refractivity contribution in [2.45, 2.75) is 0 Å². The van der Waals surface area contributed by atoms with Crippen LogP contribution in [-0.2, 0) is 0 Å². The van der Waals surface area contributed by atoms with E-state index >= 15 is 0 Å². The molecule has 0 bridgehead atoms. The second-order valence-corrected chi connectivity index (χ2v) is 4.26. The molecule has 0 aliphatic rings. The molecule has 0 fully saturated rings. The van der Waals surface area contributed by atoms with Crippen molar-refractivity contribution in [2.24, 2.45) is 0 Å². The summed E-state index contributed by atoms with van der Waals surface area (Å²) in [6.07, 6.45) is 0. The van der Waals surface area contributed by atoms with E-state index < -0.39 is 0 Å². The van der Waals surface area contributed by atoms with E-state index in [1.165, 1.54) is 14.2 Å². The van der Waals surface area contributed by atoms with Gasteiger partial charge >= 0.3 is 6.01 Å². The number of nitrogen functional groups attached to an aromatic ring is 1. The monoisotopic (exact) mass is 291 g/mol. The molecule has 0 spiro atoms. The molecule has 0 atom stereocenters. The lowest BCUT2D eigenvalue weighted by molar-refractivity contribution is 0.336. The van der Waals surface area contributed by atoms with Gasteiger partial charge in [0.05, 0.1) is 14.2 Å². The molecule has 0 amide bonds. The van der Waals surface area contributed by atoms with Crippen LogP contribution in [0.2, 0.25) is 0 Å². The Labute approximate surface area is 122 Å². The van der Waals surface area contributed by atoms with E-state index in [2.05, 4.69) is 15.0 Å². The van der Waals surface area contributed by atoms with Crippen molar-refractivity contribution < 1.29 is 14.2 Å². The summed E-state index contributed by atoms with van der Waals surface area (Å²) >= 11 is 0. The molecular weight excluding hydrogens is 274 g/mol. The molecule has 0 aliphatic carbocycles. The van der Waals surface area contributed by atoms with Crippen molar-refractivity contribution >= 4 is 11.9 Å². The molecule has 0 aliphatic heterocycles. The highest BCUT2D eigenvalue weighted by atomic mass is 16.5. The highest BCUT2D eigenvalue weighted by molar-refractivity contribution is 5.52. The van der Waals surface area contributed by atoms with Crippen LogP contribution in [0.3, 0.4) is 0 Å². The van der Waals surface area contributed by atoms with Gasteiger partial charge in [-0.05, 0) is 12.1 Å². The van der Waals surface area contributed by atoms with E-state index in [-0.39, 0.29) is 12.0 Å². The minimum absolute atomic E-state index is 0.0639. The van der Waals surface area contributed by atoms with Crippen LogP contribution in [-0.4, -0.2) is 43.3 Å². The highest BCUT2D eigenvalue weighted by Crippen LogP contribution is 2.39. The number of para-hydroxylation sites is 1. The molecule has 0 saturated carbocycles. The Morgan fingerprint density at radius 1 is 1.00 bits per heavy atom. The predicted octanol–water partition coefficient (Wildman–Crippen LogP) is 1.33. The number of ether oxygens (including phenoxy) is 3. The van der Waals surface area contributed by atoms with Crippen LogP contribution in [0, 0.1) is 0 Å². The Balaban J connectivity index is 2.42. The predicted molar refractivity (Wildman–Crippen MR) is 78.2 cm³/mol. The van der Waals surface area contributed by atoms with E-state index in [4.69, 9.17) is 19.9 Å². The van der Waals surface area contributed by atoms with Gasteiger partial charge in [-0.25, -0.2) is 0 Å². The number of methoxy groups -OCH3 is 2. The lowest BCUT2D eigenvalue weighted by Gasteiger charge is -2.14. The maximum Gasteiger partial charge on any atom is 0.328 e. The first-order valence-corrected chi connectivity index (χ1v) is 6.13. The fourth-order valence-corrected chi connectivity index (χ4v) is 1.62. The Morgan fingerprint density at radius 3 is 2.14 bits per heavy atom. The first-order valence-electron chi connectivity index (χ1n) is 6.13. The average molecular weight is 291 g/mol. The number of rotatable bonds is 5. The van der Waals surface area contributed by atoms with E-state index in [0.29, 0.717) is 23.2 Å². The third-order valence-electron chi connectivity index (χ3n) is 2.60. The molecule has 1 aromatic carbocycles. The van der Waals surface area contributed by atoms with Crippen LogP contribution in [0.5, 0.6) is 23.3 Å². The minimum atomic E-state index is 0.0639. The van der Waals surface area contributed by atoms with Gasteiger partial charge in [0.1, 0.15) is 0 Å². The van der Waals surface area contributed by atoms with Gasteiger partial charge in [0.25, 0.3) is 0 Å². The van der Waals surface area contributed by atoms with Gasteiger partial charge < -0.3 is 24.8 Å². The van der Waals surface area contributed by atoms with Gasteiger partial charge in [0.15, 0.2) is 11.5 Å². The first-order chi connectivity index (χ1) is 10.0. The van der Waals surface area contributed by atoms with Crippen LogP contribution in [0.15, 0.2) is 18.2 Å². The van der Waals surface area contributed by atoms with Crippen molar-refractivity contribution in [3.05, 3.63) is 18.2 Å². The smallest absolute Gasteiger partial charge is 0.328 e. The largest absolute Gasteiger partial charge is 0.493 e. The van der Waals surface area contributed by atoms with Crippen molar-refractivity contribution in [1.82, 2.24) is 15.0 Å². The lowest BCUT2D eigenvalue weighted by Crippen LogP contribution is -2.15. The summed E-state index contributed by atoms with van der Waals surface area (Å²) in [6, 6.07) is 5.34. The van der Waals surface area contributed by atoms with Gasteiger partial charge in [-0.15, -0.1) is 0 Å². The molecule has 0 radical (unpaired) electrons. The van der Waals surface area contributed by atoms with Crippen LogP contribution in [0.4, 0.5) is 11.9 Å². The molecule has 2 aromatic rings. The van der Waals surface area contributed by atoms with Crippen molar-refractivity contribution in [2.75, 3.05) is 38.9 Å². The SMILES string of the molecule is COc1cccc(OC)c1Oc1nc(N)nc(N(C)C)n1. The number of benzene rings is 1. The van der Waals surface area contributed by atoms with Crippen molar-refractivity contribution in [1.29, 1.82) is 0 Å². The summed E-state index contributed by atoms with van der Waals surface area (Å²) < 4.78 is 16.2. The topological polar surface area (TPSA) is 95.6 Å². The number of anilines is 2. The van der Waals surface area contributed by atoms with Crippen molar-refractivity contribution in [3.8, 4) is 23.3 Å². The molecule has 1 heterocycles. The summed E-state index contributed by atoms with van der Waals surface area (Å²) in [6.45, 7) is 0. The van der Waals surface area contributed by atoms with Crippen LogP contribution in [0.1, 0.15) is 0 Å². The van der Waals surface area contributed by atoms with Crippen LogP contribution < -0.4 is 24.8 Å². The summed E-state index contributed by atoms with van der Waals surface area (Å²) in [4.78, 5) is 13.8. The average Bonchev–Trinajstić information content (AvgIpc) is 2.46. The first kappa shape index (κ1) is 14.6. The standard InChI is InChI=1S/C13H17N5O3/c1-18(2)12-15-11(14)16-13(17-12)21-10-8(19-3)6-5-7-9(10)20-4/h5-7H,1-4H3,(H2,14,15,16,17). The van der Waals surface area contributed by atoms with E-state index in [0.717, 1.165) is 0 Å². The number of nitrogens with zero attached hydrogens (tertiary/aromatic N) is 4. The van der Waals surface area contributed by atoms with E-state index in [1.807, 2.05) is 0 Å². The third-order valence-corrected chi connectivity index (χ3v) is 2.60. The highest BCUT2D eigenvalue weighted by Gasteiger charge is 2.15. The second kappa shape index (κ2) is 6.12. The summed E-state index contributed by atoms with van der Waals surface area (Å²) in [5.41, 5.74) is 5.66. The zero-order valence-electron chi connectivity index (χ0n) is 12.3. The normalized spacial score (nSPS) is 10.1. The molecule has 8 nitrogen and oxygen atoms in total. The van der Waals surface area contributed by atoms with Gasteiger partial charge in [-0.1, -0.05) is 6.07 Å². The summed E-state index contributed by atoms with van der Waals surface area (Å²) in [5.74, 6) is 1.83. The Hall–Kier alpha value is -2.77. The fourth-order valence-electron chi connectivity index (χ4n) is 1.62. The molecule has 21 heavy (non-hydrogen) atoms. The van der Waals surface area contributed by atoms with Gasteiger partial charge in [-0.2, -0.15) is 15.0 Å². The molecule has 2 N–H and O–H groups in total. The lowest BCUT2D eigenvalue weighted by atomic mass is 10.3. The molecular formula is C13H17N5O3. The Morgan fingerprint density at radius 2 is 1.62 bits per heavy atom. The summed E-state index contributed by atoms with van der Waals surface area (Å²) in [7, 11) is 6.66. The summed E-state index contributed by atoms with van der Waals surface area (Å²) in [5, 5.41) is 0. The maximum absolute atomic E-state index is 5.68. The molecule has 2 rings (SSSR count).